The van der Waals surface area contributed by atoms with Gasteiger partial charge < -0.3 is 44.5 Å². The van der Waals surface area contributed by atoms with Gasteiger partial charge in [0, 0.05) is 12.1 Å². The normalized spacial score (nSPS) is 23.3. The smallest absolute Gasteiger partial charge is 0.790 e. The largest absolute Gasteiger partial charge is 2.00 e. The Balaban J connectivity index is -0.000000244. The van der Waals surface area contributed by atoms with E-state index in [1.54, 1.807) is 0 Å². The van der Waals surface area contributed by atoms with Crippen LogP contribution in [0.2, 0.25) is 0 Å². The van der Waals surface area contributed by atoms with Crippen LogP contribution < -0.4 is 31.0 Å². The van der Waals surface area contributed by atoms with Gasteiger partial charge in [0.2, 0.25) is 0 Å². The molecule has 1 aliphatic rings. The first kappa shape index (κ1) is 25.5. The molecule has 1 rings (SSSR count). The maximum absolute atomic E-state index is 9.32. The SMILES string of the molecule is N[C@H]1CCCC[C@@H]1N.O=P([O-])([O-])OP(=O)([O-])[O-].[Pt+2].[Pt+2]. The van der Waals surface area contributed by atoms with Gasteiger partial charge in [-0.2, -0.15) is 0 Å². The van der Waals surface area contributed by atoms with E-state index in [0.717, 1.165) is 12.8 Å². The molecule has 2 atom stereocenters. The maximum Gasteiger partial charge on any atom is 2.00 e. The topological polar surface area (TPSA) is 188 Å². The molecule has 120 valence electrons. The van der Waals surface area contributed by atoms with Crippen molar-refractivity contribution in [3.63, 3.8) is 0 Å². The number of hydrogen-bond acceptors (Lipinski definition) is 9. The van der Waals surface area contributed by atoms with Gasteiger partial charge in [0.15, 0.2) is 0 Å². The Labute approximate surface area is 139 Å². The number of nitrogens with two attached hydrogens (primary N) is 2. The van der Waals surface area contributed by atoms with Crippen LogP contribution in [-0.2, 0) is 55.6 Å². The van der Waals surface area contributed by atoms with Crippen LogP contribution in [0.1, 0.15) is 25.7 Å². The molecule has 19 heavy (non-hydrogen) atoms. The van der Waals surface area contributed by atoms with Gasteiger partial charge in [0.05, 0.1) is 15.6 Å². The summed E-state index contributed by atoms with van der Waals surface area (Å²) in [6.07, 6.45) is 4.80. The van der Waals surface area contributed by atoms with Crippen molar-refractivity contribution in [1.82, 2.24) is 0 Å². The minimum atomic E-state index is -5.68. The van der Waals surface area contributed by atoms with Crippen molar-refractivity contribution in [3.05, 3.63) is 0 Å². The molecule has 0 spiro atoms. The van der Waals surface area contributed by atoms with Crippen LogP contribution in [0.5, 0.6) is 0 Å². The molecule has 1 aliphatic carbocycles. The molecule has 9 nitrogen and oxygen atoms in total. The number of phosphoric acid groups is 2. The third-order valence-electron chi connectivity index (χ3n) is 2.07. The van der Waals surface area contributed by atoms with E-state index in [9.17, 15) is 28.7 Å². The summed E-state index contributed by atoms with van der Waals surface area (Å²) in [4.78, 5) is 37.3. The molecule has 0 saturated heterocycles. The molecule has 13 heteroatoms. The summed E-state index contributed by atoms with van der Waals surface area (Å²) in [7, 11) is -11.4. The minimum absolute atomic E-state index is 0. The predicted octanol–water partition coefficient (Wildman–Crippen LogP) is -3.13. The van der Waals surface area contributed by atoms with Crippen molar-refractivity contribution in [3.8, 4) is 0 Å². The van der Waals surface area contributed by atoms with Gasteiger partial charge in [0.25, 0.3) is 0 Å². The van der Waals surface area contributed by atoms with E-state index in [0.29, 0.717) is 0 Å². The summed E-state index contributed by atoms with van der Waals surface area (Å²) >= 11 is 0. The number of hydrogen-bond donors (Lipinski definition) is 2. The Bertz CT molecular complexity index is 293. The first-order valence-electron chi connectivity index (χ1n) is 4.78. The fraction of sp³-hybridized carbons (Fsp3) is 1.00. The molecule has 0 aromatic heterocycles. The van der Waals surface area contributed by atoms with Gasteiger partial charge in [-0.1, -0.05) is 12.8 Å². The number of rotatable bonds is 2. The summed E-state index contributed by atoms with van der Waals surface area (Å²) in [6.45, 7) is 0. The van der Waals surface area contributed by atoms with Gasteiger partial charge >= 0.3 is 42.1 Å². The molecule has 0 aromatic rings. The maximum atomic E-state index is 9.32. The van der Waals surface area contributed by atoms with Crippen LogP contribution in [0.3, 0.4) is 0 Å². The van der Waals surface area contributed by atoms with Crippen LogP contribution in [0.4, 0.5) is 0 Å². The van der Waals surface area contributed by atoms with Gasteiger partial charge in [-0.3, -0.25) is 0 Å². The van der Waals surface area contributed by atoms with Crippen molar-refractivity contribution < 1.29 is 75.1 Å². The Kier molecular flexibility index (Phi) is 15.0. The molecule has 0 unspecified atom stereocenters. The van der Waals surface area contributed by atoms with Gasteiger partial charge in [-0.25, -0.2) is 0 Å². The van der Waals surface area contributed by atoms with E-state index in [4.69, 9.17) is 11.5 Å². The van der Waals surface area contributed by atoms with Crippen molar-refractivity contribution in [2.24, 2.45) is 11.5 Å². The third-order valence-corrected chi connectivity index (χ3v) is 3.67. The van der Waals surface area contributed by atoms with E-state index >= 15 is 0 Å². The van der Waals surface area contributed by atoms with Crippen molar-refractivity contribution in [2.45, 2.75) is 37.8 Å². The molecule has 0 heterocycles. The molecule has 0 aromatic carbocycles. The molecule has 0 amide bonds. The zero-order valence-electron chi connectivity index (χ0n) is 9.52. The fourth-order valence-electron chi connectivity index (χ4n) is 1.31. The van der Waals surface area contributed by atoms with Crippen LogP contribution >= 0.6 is 15.6 Å². The molecule has 1 saturated carbocycles. The molecular formula is C6H14N2O7P2Pt2. The van der Waals surface area contributed by atoms with E-state index in [2.05, 4.69) is 4.31 Å². The molecule has 0 radical (unpaired) electrons. The van der Waals surface area contributed by atoms with Crippen molar-refractivity contribution in [1.29, 1.82) is 0 Å². The second-order valence-corrected chi connectivity index (χ2v) is 6.03. The van der Waals surface area contributed by atoms with Crippen LogP contribution in [-0.4, -0.2) is 12.1 Å². The molecule has 0 aliphatic heterocycles. The van der Waals surface area contributed by atoms with Gasteiger partial charge in [0.1, 0.15) is 0 Å². The molecule has 4 N–H and O–H groups in total. The monoisotopic (exact) mass is 678 g/mol. The molecular weight excluding hydrogens is 664 g/mol. The van der Waals surface area contributed by atoms with E-state index in [1.807, 2.05) is 0 Å². The van der Waals surface area contributed by atoms with Crippen molar-refractivity contribution >= 4 is 15.6 Å². The molecule has 1 fully saturated rings. The standard InChI is InChI=1S/C6H14N2.H4O7P2.2Pt/c7-5-3-1-2-4-6(5)8;1-8(2,3)7-9(4,5)6;;/h5-6H,1-4,7-8H2;(H2,1,2,3)(H2,4,5,6);;/q;;2*+2/p-4/t5-,6-;;;/m0.../s1. The van der Waals surface area contributed by atoms with Crippen LogP contribution in [0.25, 0.3) is 0 Å². The van der Waals surface area contributed by atoms with E-state index in [1.165, 1.54) is 12.8 Å². The van der Waals surface area contributed by atoms with E-state index in [-0.39, 0.29) is 54.2 Å². The van der Waals surface area contributed by atoms with Crippen LogP contribution in [0, 0.1) is 0 Å². The summed E-state index contributed by atoms with van der Waals surface area (Å²) in [5, 5.41) is 0. The first-order valence-corrected chi connectivity index (χ1v) is 7.70. The summed E-state index contributed by atoms with van der Waals surface area (Å²) in [5.74, 6) is 0. The third kappa shape index (κ3) is 17.5. The van der Waals surface area contributed by atoms with Crippen molar-refractivity contribution in [2.75, 3.05) is 0 Å². The zero-order valence-corrected chi connectivity index (χ0v) is 15.9. The summed E-state index contributed by atoms with van der Waals surface area (Å²) in [5.41, 5.74) is 11.3. The second-order valence-electron chi connectivity index (χ2n) is 3.59. The first-order chi connectivity index (χ1) is 7.51. The summed E-state index contributed by atoms with van der Waals surface area (Å²) < 4.78 is 21.2. The fourth-order valence-corrected chi connectivity index (χ4v) is 2.29. The summed E-state index contributed by atoms with van der Waals surface area (Å²) in [6, 6.07) is 0.562. The van der Waals surface area contributed by atoms with Gasteiger partial charge in [-0.15, -0.1) is 0 Å². The Morgan fingerprint density at radius 3 is 1.21 bits per heavy atom. The van der Waals surface area contributed by atoms with Crippen LogP contribution in [0.15, 0.2) is 0 Å². The van der Waals surface area contributed by atoms with E-state index < -0.39 is 15.6 Å². The average Bonchev–Trinajstić information content (AvgIpc) is 2.04. The van der Waals surface area contributed by atoms with Gasteiger partial charge in [-0.05, 0) is 12.8 Å². The quantitative estimate of drug-likeness (QED) is 0.285. The Hall–Kier alpha value is 1.56. The average molecular weight is 678 g/mol. The Morgan fingerprint density at radius 1 is 0.842 bits per heavy atom. The predicted molar refractivity (Wildman–Crippen MR) is 50.7 cm³/mol. The zero-order chi connectivity index (χ0) is 13.7. The Morgan fingerprint density at radius 2 is 1.11 bits per heavy atom. The second kappa shape index (κ2) is 11.2. The molecule has 0 bridgehead atoms. The minimum Gasteiger partial charge on any atom is -0.790 e.